The van der Waals surface area contributed by atoms with Gasteiger partial charge in [-0.3, -0.25) is 4.79 Å². The third-order valence-electron chi connectivity index (χ3n) is 3.24. The highest BCUT2D eigenvalue weighted by Crippen LogP contribution is 2.19. The summed E-state index contributed by atoms with van der Waals surface area (Å²) >= 11 is 11.7. The van der Waals surface area contributed by atoms with Gasteiger partial charge in [-0.2, -0.15) is 0 Å². The summed E-state index contributed by atoms with van der Waals surface area (Å²) < 4.78 is 0. The van der Waals surface area contributed by atoms with Crippen molar-refractivity contribution in [1.29, 1.82) is 0 Å². The maximum absolute atomic E-state index is 12.1. The van der Waals surface area contributed by atoms with E-state index < -0.39 is 0 Å². The van der Waals surface area contributed by atoms with Gasteiger partial charge in [0.1, 0.15) is 5.82 Å². The van der Waals surface area contributed by atoms with Gasteiger partial charge in [0.25, 0.3) is 5.91 Å². The van der Waals surface area contributed by atoms with Crippen molar-refractivity contribution < 1.29 is 4.79 Å². The zero-order valence-electron chi connectivity index (χ0n) is 12.5. The Morgan fingerprint density at radius 3 is 1.96 bits per heavy atom. The first-order valence-corrected chi connectivity index (χ1v) is 7.91. The van der Waals surface area contributed by atoms with Crippen molar-refractivity contribution in [2.24, 2.45) is 0 Å². The summed E-state index contributed by atoms with van der Waals surface area (Å²) in [5.41, 5.74) is 2.02. The molecule has 1 amide bonds. The lowest BCUT2D eigenvalue weighted by Crippen LogP contribution is -2.11. The maximum Gasteiger partial charge on any atom is 0.255 e. The molecule has 0 aliphatic rings. The normalized spacial score (nSPS) is 10.2. The van der Waals surface area contributed by atoms with E-state index in [1.165, 1.54) is 0 Å². The van der Waals surface area contributed by atoms with Crippen molar-refractivity contribution >= 4 is 46.3 Å². The molecule has 6 heteroatoms. The number of carbonyl (C=O) groups is 1. The van der Waals surface area contributed by atoms with Crippen LogP contribution in [0.2, 0.25) is 10.0 Å². The molecule has 1 aromatic heterocycles. The molecule has 0 saturated heterocycles. The number of anilines is 3. The molecule has 0 aliphatic heterocycles. The molecule has 0 aliphatic carbocycles. The molecule has 0 radical (unpaired) electrons. The van der Waals surface area contributed by atoms with Crippen LogP contribution in [0.15, 0.2) is 66.9 Å². The fourth-order valence-electron chi connectivity index (χ4n) is 2.03. The van der Waals surface area contributed by atoms with Crippen LogP contribution >= 0.6 is 23.2 Å². The van der Waals surface area contributed by atoms with Crippen LogP contribution in [0.3, 0.4) is 0 Å². The Kier molecular flexibility index (Phi) is 4.99. The van der Waals surface area contributed by atoms with Gasteiger partial charge in [-0.25, -0.2) is 4.98 Å². The molecule has 0 atom stereocenters. The van der Waals surface area contributed by atoms with Crippen molar-refractivity contribution in [2.75, 3.05) is 10.6 Å². The number of benzene rings is 2. The van der Waals surface area contributed by atoms with Crippen molar-refractivity contribution in [3.63, 3.8) is 0 Å². The van der Waals surface area contributed by atoms with Crippen molar-refractivity contribution in [3.05, 3.63) is 82.5 Å². The molecule has 0 fully saturated rings. The average Bonchev–Trinajstić information content (AvgIpc) is 2.59. The van der Waals surface area contributed by atoms with E-state index in [4.69, 9.17) is 23.2 Å². The van der Waals surface area contributed by atoms with Crippen molar-refractivity contribution in [2.45, 2.75) is 0 Å². The van der Waals surface area contributed by atoms with Crippen LogP contribution in [-0.2, 0) is 0 Å². The number of pyridine rings is 1. The predicted octanol–water partition coefficient (Wildman–Crippen LogP) is 5.38. The fraction of sp³-hybridized carbons (Fsp3) is 0. The number of hydrogen-bond acceptors (Lipinski definition) is 3. The largest absolute Gasteiger partial charge is 0.340 e. The molecule has 0 unspecified atom stereocenters. The average molecular weight is 358 g/mol. The van der Waals surface area contributed by atoms with E-state index in [0.29, 0.717) is 27.1 Å². The van der Waals surface area contributed by atoms with Crippen LogP contribution in [0.1, 0.15) is 10.4 Å². The lowest BCUT2D eigenvalue weighted by atomic mass is 10.2. The molecular weight excluding hydrogens is 345 g/mol. The van der Waals surface area contributed by atoms with Gasteiger partial charge in [0.15, 0.2) is 0 Å². The van der Waals surface area contributed by atoms with Crippen LogP contribution in [0.4, 0.5) is 17.2 Å². The highest BCUT2D eigenvalue weighted by Gasteiger charge is 2.06. The van der Waals surface area contributed by atoms with E-state index in [1.807, 2.05) is 12.1 Å². The SMILES string of the molecule is O=C(Nc1ccc(Nc2ccc(Cl)cc2)nc1)c1ccc(Cl)cc1. The molecule has 0 spiro atoms. The lowest BCUT2D eigenvalue weighted by molar-refractivity contribution is 0.102. The molecule has 4 nitrogen and oxygen atoms in total. The standard InChI is InChI=1S/C18H13Cl2N3O/c19-13-3-1-12(2-4-13)18(24)23-16-9-10-17(21-11-16)22-15-7-5-14(20)6-8-15/h1-11H,(H,21,22)(H,23,24). The maximum atomic E-state index is 12.1. The second kappa shape index (κ2) is 7.34. The highest BCUT2D eigenvalue weighted by molar-refractivity contribution is 6.31. The quantitative estimate of drug-likeness (QED) is 0.658. The summed E-state index contributed by atoms with van der Waals surface area (Å²) in [6.07, 6.45) is 1.59. The topological polar surface area (TPSA) is 54.0 Å². The highest BCUT2D eigenvalue weighted by atomic mass is 35.5. The monoisotopic (exact) mass is 357 g/mol. The lowest BCUT2D eigenvalue weighted by Gasteiger charge is -2.08. The van der Waals surface area contributed by atoms with Gasteiger partial charge in [0.05, 0.1) is 11.9 Å². The fourth-order valence-corrected chi connectivity index (χ4v) is 2.28. The summed E-state index contributed by atoms with van der Waals surface area (Å²) in [7, 11) is 0. The summed E-state index contributed by atoms with van der Waals surface area (Å²) in [5.74, 6) is 0.452. The van der Waals surface area contributed by atoms with Crippen molar-refractivity contribution in [3.8, 4) is 0 Å². The molecular formula is C18H13Cl2N3O. The first-order valence-electron chi connectivity index (χ1n) is 7.16. The number of halogens is 2. The second-order valence-corrected chi connectivity index (χ2v) is 5.90. The summed E-state index contributed by atoms with van der Waals surface area (Å²) in [6.45, 7) is 0. The Labute approximate surface area is 149 Å². The third-order valence-corrected chi connectivity index (χ3v) is 3.75. The van der Waals surface area contributed by atoms with E-state index >= 15 is 0 Å². The number of nitrogens with zero attached hydrogens (tertiary/aromatic N) is 1. The van der Waals surface area contributed by atoms with Gasteiger partial charge in [-0.1, -0.05) is 23.2 Å². The Balaban J connectivity index is 1.64. The molecule has 24 heavy (non-hydrogen) atoms. The summed E-state index contributed by atoms with van der Waals surface area (Å²) in [6, 6.07) is 17.6. The number of rotatable bonds is 4. The van der Waals surface area contributed by atoms with E-state index in [-0.39, 0.29) is 5.91 Å². The van der Waals surface area contributed by atoms with E-state index in [2.05, 4.69) is 15.6 Å². The Morgan fingerprint density at radius 2 is 1.38 bits per heavy atom. The van der Waals surface area contributed by atoms with Crippen LogP contribution in [0.25, 0.3) is 0 Å². The minimum Gasteiger partial charge on any atom is -0.340 e. The van der Waals surface area contributed by atoms with Gasteiger partial charge < -0.3 is 10.6 Å². The number of amides is 1. The van der Waals surface area contributed by atoms with E-state index in [0.717, 1.165) is 5.69 Å². The molecule has 0 saturated carbocycles. The van der Waals surface area contributed by atoms with Crippen LogP contribution in [-0.4, -0.2) is 10.9 Å². The molecule has 0 bridgehead atoms. The van der Waals surface area contributed by atoms with E-state index in [9.17, 15) is 4.79 Å². The summed E-state index contributed by atoms with van der Waals surface area (Å²) in [5, 5.41) is 7.20. The molecule has 1 heterocycles. The number of aromatic nitrogens is 1. The molecule has 3 aromatic rings. The minimum atomic E-state index is -0.216. The summed E-state index contributed by atoms with van der Waals surface area (Å²) in [4.78, 5) is 16.4. The van der Waals surface area contributed by atoms with Crippen LogP contribution in [0.5, 0.6) is 0 Å². The van der Waals surface area contributed by atoms with Crippen molar-refractivity contribution in [1.82, 2.24) is 4.98 Å². The van der Waals surface area contributed by atoms with Crippen LogP contribution < -0.4 is 10.6 Å². The van der Waals surface area contributed by atoms with Gasteiger partial charge in [0, 0.05) is 21.3 Å². The number of carbonyl (C=O) groups excluding carboxylic acids is 1. The smallest absolute Gasteiger partial charge is 0.255 e. The molecule has 3 rings (SSSR count). The third kappa shape index (κ3) is 4.25. The molecule has 2 N–H and O–H groups in total. The first-order chi connectivity index (χ1) is 11.6. The Hall–Kier alpha value is -2.56. The van der Waals surface area contributed by atoms with Gasteiger partial charge in [-0.05, 0) is 60.7 Å². The Morgan fingerprint density at radius 1 is 0.792 bits per heavy atom. The Bertz CT molecular complexity index is 832. The number of nitrogens with one attached hydrogen (secondary N) is 2. The predicted molar refractivity (Wildman–Crippen MR) is 98.4 cm³/mol. The molecule has 2 aromatic carbocycles. The van der Waals surface area contributed by atoms with Gasteiger partial charge in [0.2, 0.25) is 0 Å². The van der Waals surface area contributed by atoms with E-state index in [1.54, 1.807) is 54.7 Å². The minimum absolute atomic E-state index is 0.216. The molecule has 120 valence electrons. The first kappa shape index (κ1) is 16.3. The zero-order valence-corrected chi connectivity index (χ0v) is 14.0. The number of hydrogen-bond donors (Lipinski definition) is 2. The van der Waals surface area contributed by atoms with Gasteiger partial charge in [-0.15, -0.1) is 0 Å². The second-order valence-electron chi connectivity index (χ2n) is 5.03. The van der Waals surface area contributed by atoms with Gasteiger partial charge >= 0.3 is 0 Å². The zero-order chi connectivity index (χ0) is 16.9. The van der Waals surface area contributed by atoms with Crippen LogP contribution in [0, 0.1) is 0 Å².